The number of carbonyl (C=O) groups excluding carboxylic acids is 1. The molecule has 0 aromatic rings. The fourth-order valence-electron chi connectivity index (χ4n) is 3.74. The number of morpholine rings is 1. The molecule has 0 spiro atoms. The van der Waals surface area contributed by atoms with Crippen LogP contribution in [0.15, 0.2) is 0 Å². The normalized spacial score (nSPS) is 28.7. The summed E-state index contributed by atoms with van der Waals surface area (Å²) in [4.78, 5) is 16.5. The third-order valence-corrected chi connectivity index (χ3v) is 4.75. The van der Waals surface area contributed by atoms with E-state index in [0.29, 0.717) is 18.6 Å². The highest BCUT2D eigenvalue weighted by atomic mass is 16.5. The lowest BCUT2D eigenvalue weighted by atomic mass is 9.95. The number of nitrogens with zero attached hydrogens (tertiary/aromatic N) is 2. The van der Waals surface area contributed by atoms with Crippen LogP contribution in [0.25, 0.3) is 0 Å². The van der Waals surface area contributed by atoms with Gasteiger partial charge in [-0.05, 0) is 52.6 Å². The second-order valence-electron chi connectivity index (χ2n) is 6.96. The van der Waals surface area contributed by atoms with E-state index >= 15 is 0 Å². The molecule has 2 heterocycles. The summed E-state index contributed by atoms with van der Waals surface area (Å²) in [6.45, 7) is 13.6. The van der Waals surface area contributed by atoms with Gasteiger partial charge in [0.1, 0.15) is 0 Å². The van der Waals surface area contributed by atoms with Crippen molar-refractivity contribution in [1.82, 2.24) is 15.1 Å². The third kappa shape index (κ3) is 5.86. The van der Waals surface area contributed by atoms with Crippen molar-refractivity contribution in [1.29, 1.82) is 0 Å². The van der Waals surface area contributed by atoms with Crippen molar-refractivity contribution < 1.29 is 9.53 Å². The molecule has 0 saturated carbocycles. The number of likely N-dealkylation sites (tertiary alicyclic amines) is 1. The van der Waals surface area contributed by atoms with Crippen molar-refractivity contribution >= 4 is 5.91 Å². The fraction of sp³-hybridized carbons (Fsp3) is 0.941. The SMILES string of the molecule is CCNC(=O)CCN1CCC(CN2C[C@@H](C)O[C@@H](C)C2)CC1. The van der Waals surface area contributed by atoms with Crippen LogP contribution in [0.1, 0.15) is 40.0 Å². The van der Waals surface area contributed by atoms with Gasteiger partial charge in [-0.3, -0.25) is 9.69 Å². The topological polar surface area (TPSA) is 44.8 Å². The van der Waals surface area contributed by atoms with E-state index in [2.05, 4.69) is 29.0 Å². The number of rotatable bonds is 6. The van der Waals surface area contributed by atoms with Crippen molar-refractivity contribution in [3.63, 3.8) is 0 Å². The molecule has 0 aromatic heterocycles. The summed E-state index contributed by atoms with van der Waals surface area (Å²) in [5.74, 6) is 0.985. The molecule has 0 bridgehead atoms. The van der Waals surface area contributed by atoms with Gasteiger partial charge < -0.3 is 15.0 Å². The van der Waals surface area contributed by atoms with Crippen molar-refractivity contribution in [3.8, 4) is 0 Å². The summed E-state index contributed by atoms with van der Waals surface area (Å²) >= 11 is 0. The van der Waals surface area contributed by atoms with Crippen LogP contribution in [-0.2, 0) is 9.53 Å². The number of amides is 1. The predicted molar refractivity (Wildman–Crippen MR) is 88.9 cm³/mol. The standard InChI is InChI=1S/C17H33N3O2/c1-4-18-17(21)7-10-19-8-5-16(6-9-19)13-20-11-14(2)22-15(3)12-20/h14-16H,4-13H2,1-3H3,(H,18,21)/t14-,15+. The molecule has 0 aromatic carbocycles. The molecule has 2 atom stereocenters. The van der Waals surface area contributed by atoms with Gasteiger partial charge in [0.25, 0.3) is 0 Å². The number of piperidine rings is 1. The van der Waals surface area contributed by atoms with Crippen LogP contribution in [0.3, 0.4) is 0 Å². The lowest BCUT2D eigenvalue weighted by molar-refractivity contribution is -0.121. The first-order valence-electron chi connectivity index (χ1n) is 8.93. The number of nitrogens with one attached hydrogen (secondary N) is 1. The highest BCUT2D eigenvalue weighted by Crippen LogP contribution is 2.20. The molecule has 2 fully saturated rings. The Kier molecular flexibility index (Phi) is 7.12. The Balaban J connectivity index is 1.63. The van der Waals surface area contributed by atoms with E-state index < -0.39 is 0 Å². The number of hydrogen-bond donors (Lipinski definition) is 1. The number of carbonyl (C=O) groups is 1. The van der Waals surface area contributed by atoms with Crippen LogP contribution in [0, 0.1) is 5.92 Å². The van der Waals surface area contributed by atoms with Crippen LogP contribution < -0.4 is 5.32 Å². The van der Waals surface area contributed by atoms with Crippen LogP contribution >= 0.6 is 0 Å². The summed E-state index contributed by atoms with van der Waals surface area (Å²) < 4.78 is 5.81. The third-order valence-electron chi connectivity index (χ3n) is 4.75. The first-order chi connectivity index (χ1) is 10.6. The van der Waals surface area contributed by atoms with E-state index in [1.165, 1.54) is 19.4 Å². The van der Waals surface area contributed by atoms with E-state index in [1.54, 1.807) is 0 Å². The van der Waals surface area contributed by atoms with Gasteiger partial charge in [-0.2, -0.15) is 0 Å². The molecule has 0 aliphatic carbocycles. The van der Waals surface area contributed by atoms with Gasteiger partial charge >= 0.3 is 0 Å². The maximum absolute atomic E-state index is 11.5. The summed E-state index contributed by atoms with van der Waals surface area (Å²) in [5, 5.41) is 2.87. The van der Waals surface area contributed by atoms with E-state index in [0.717, 1.165) is 45.2 Å². The highest BCUT2D eigenvalue weighted by Gasteiger charge is 2.26. The zero-order chi connectivity index (χ0) is 15.9. The lowest BCUT2D eigenvalue weighted by Crippen LogP contribution is -2.48. The smallest absolute Gasteiger partial charge is 0.221 e. The molecular formula is C17H33N3O2. The molecule has 5 nitrogen and oxygen atoms in total. The van der Waals surface area contributed by atoms with E-state index in [4.69, 9.17) is 4.74 Å². The summed E-state index contributed by atoms with van der Waals surface area (Å²) in [6.07, 6.45) is 3.88. The minimum absolute atomic E-state index is 0.181. The van der Waals surface area contributed by atoms with Gasteiger partial charge in [-0.1, -0.05) is 0 Å². The average molecular weight is 311 g/mol. The molecule has 5 heteroatoms. The fourth-order valence-corrected chi connectivity index (χ4v) is 3.74. The van der Waals surface area contributed by atoms with Gasteiger partial charge in [0.15, 0.2) is 0 Å². The first-order valence-corrected chi connectivity index (χ1v) is 8.93. The molecule has 0 radical (unpaired) electrons. The van der Waals surface area contributed by atoms with Gasteiger partial charge in [0.05, 0.1) is 12.2 Å². The molecule has 0 unspecified atom stereocenters. The molecule has 128 valence electrons. The molecule has 1 amide bonds. The van der Waals surface area contributed by atoms with E-state index in [1.807, 2.05) is 6.92 Å². The largest absolute Gasteiger partial charge is 0.373 e. The summed E-state index contributed by atoms with van der Waals surface area (Å²) in [5.41, 5.74) is 0. The van der Waals surface area contributed by atoms with Crippen molar-refractivity contribution in [2.24, 2.45) is 5.92 Å². The second-order valence-corrected chi connectivity index (χ2v) is 6.96. The molecule has 22 heavy (non-hydrogen) atoms. The minimum Gasteiger partial charge on any atom is -0.373 e. The van der Waals surface area contributed by atoms with Crippen LogP contribution in [-0.4, -0.2) is 73.7 Å². The predicted octanol–water partition coefficient (Wildman–Crippen LogP) is 1.33. The van der Waals surface area contributed by atoms with Gasteiger partial charge in [0.2, 0.25) is 5.91 Å². The van der Waals surface area contributed by atoms with Crippen molar-refractivity contribution in [2.75, 3.05) is 45.8 Å². The Morgan fingerprint density at radius 1 is 1.14 bits per heavy atom. The van der Waals surface area contributed by atoms with E-state index in [-0.39, 0.29) is 5.91 Å². The highest BCUT2D eigenvalue weighted by molar-refractivity contribution is 5.75. The Labute approximate surface area is 135 Å². The maximum atomic E-state index is 11.5. The first kappa shape index (κ1) is 17.7. The minimum atomic E-state index is 0.181. The van der Waals surface area contributed by atoms with Gasteiger partial charge in [-0.25, -0.2) is 0 Å². The van der Waals surface area contributed by atoms with Crippen LogP contribution in [0.5, 0.6) is 0 Å². The zero-order valence-electron chi connectivity index (χ0n) is 14.5. The molecule has 2 saturated heterocycles. The molecule has 2 rings (SSSR count). The van der Waals surface area contributed by atoms with Crippen LogP contribution in [0.4, 0.5) is 0 Å². The average Bonchev–Trinajstić information content (AvgIpc) is 2.46. The van der Waals surface area contributed by atoms with Crippen LogP contribution in [0.2, 0.25) is 0 Å². The molecule has 1 N–H and O–H groups in total. The summed E-state index contributed by atoms with van der Waals surface area (Å²) in [6, 6.07) is 0. The number of ether oxygens (including phenoxy) is 1. The molecular weight excluding hydrogens is 278 g/mol. The lowest BCUT2D eigenvalue weighted by Gasteiger charge is -2.39. The quantitative estimate of drug-likeness (QED) is 0.804. The van der Waals surface area contributed by atoms with Crippen molar-refractivity contribution in [3.05, 3.63) is 0 Å². The number of hydrogen-bond acceptors (Lipinski definition) is 4. The maximum Gasteiger partial charge on any atom is 0.221 e. The zero-order valence-corrected chi connectivity index (χ0v) is 14.5. The van der Waals surface area contributed by atoms with Crippen molar-refractivity contribution in [2.45, 2.75) is 52.2 Å². The summed E-state index contributed by atoms with van der Waals surface area (Å²) in [7, 11) is 0. The second kappa shape index (κ2) is 8.85. The Morgan fingerprint density at radius 2 is 1.77 bits per heavy atom. The molecule has 2 aliphatic heterocycles. The van der Waals surface area contributed by atoms with E-state index in [9.17, 15) is 4.79 Å². The monoisotopic (exact) mass is 311 g/mol. The van der Waals surface area contributed by atoms with Gasteiger partial charge in [0, 0.05) is 39.1 Å². The molecule has 2 aliphatic rings. The Hall–Kier alpha value is -0.650. The Bertz CT molecular complexity index is 333. The van der Waals surface area contributed by atoms with Gasteiger partial charge in [-0.15, -0.1) is 0 Å². The Morgan fingerprint density at radius 3 is 2.36 bits per heavy atom.